The van der Waals surface area contributed by atoms with Crippen LogP contribution in [-0.4, -0.2) is 93.4 Å². The van der Waals surface area contributed by atoms with Gasteiger partial charge in [0.15, 0.2) is 6.17 Å². The van der Waals surface area contributed by atoms with Crippen molar-refractivity contribution in [2.75, 3.05) is 19.6 Å². The highest BCUT2D eigenvalue weighted by Gasteiger charge is 2.47. The second-order valence-electron chi connectivity index (χ2n) is 12.2. The summed E-state index contributed by atoms with van der Waals surface area (Å²) in [5, 5.41) is 13.3. The van der Waals surface area contributed by atoms with Gasteiger partial charge in [0.05, 0.1) is 12.6 Å². The predicted molar refractivity (Wildman–Crippen MR) is 150 cm³/mol. The Hall–Kier alpha value is -3.34. The Morgan fingerprint density at radius 1 is 1.02 bits per heavy atom. The summed E-state index contributed by atoms with van der Waals surface area (Å²) in [4.78, 5) is 58.9. The highest BCUT2D eigenvalue weighted by atomic mass is 16.6. The Kier molecular flexibility index (Phi) is 10.1. The highest BCUT2D eigenvalue weighted by Crippen LogP contribution is 2.29. The largest absolute Gasteiger partial charge is 0.445 e. The first kappa shape index (κ1) is 30.6. The average Bonchev–Trinajstić information content (AvgIpc) is 3.61. The van der Waals surface area contributed by atoms with Crippen molar-refractivity contribution in [3.05, 3.63) is 35.9 Å². The van der Waals surface area contributed by atoms with Gasteiger partial charge in [-0.3, -0.25) is 19.8 Å². The summed E-state index contributed by atoms with van der Waals surface area (Å²) in [5.41, 5.74) is -0.00925. The molecule has 2 heterocycles. The van der Waals surface area contributed by atoms with Crippen molar-refractivity contribution in [2.45, 2.75) is 109 Å². The van der Waals surface area contributed by atoms with Crippen LogP contribution in [0.5, 0.6) is 0 Å². The molecule has 3 aliphatic rings. The molecule has 3 unspecified atom stereocenters. The van der Waals surface area contributed by atoms with Crippen molar-refractivity contribution in [2.24, 2.45) is 0 Å². The summed E-state index contributed by atoms with van der Waals surface area (Å²) in [7, 11) is 0. The Morgan fingerprint density at radius 2 is 1.68 bits per heavy atom. The lowest BCUT2D eigenvalue weighted by Crippen LogP contribution is -2.65. The molecule has 0 radical (unpaired) electrons. The van der Waals surface area contributed by atoms with Gasteiger partial charge < -0.3 is 24.4 Å². The molecule has 1 saturated carbocycles. The summed E-state index contributed by atoms with van der Waals surface area (Å²) in [6.07, 6.45) is 2.08. The summed E-state index contributed by atoms with van der Waals surface area (Å²) in [5.74, 6) is -0.859. The van der Waals surface area contributed by atoms with E-state index in [9.17, 15) is 24.3 Å². The minimum Gasteiger partial charge on any atom is -0.445 e. The minimum atomic E-state index is -1.29. The number of carbonyl (C=O) groups is 4. The summed E-state index contributed by atoms with van der Waals surface area (Å²) in [6.45, 7) is 6.23. The lowest BCUT2D eigenvalue weighted by atomic mass is 9.93. The molecule has 0 spiro atoms. The van der Waals surface area contributed by atoms with E-state index in [-0.39, 0.29) is 31.5 Å². The molecule has 0 bridgehead atoms. The van der Waals surface area contributed by atoms with E-state index in [2.05, 4.69) is 5.32 Å². The molecule has 226 valence electrons. The van der Waals surface area contributed by atoms with Gasteiger partial charge in [0.1, 0.15) is 18.2 Å². The molecule has 3 fully saturated rings. The quantitative estimate of drug-likeness (QED) is 0.479. The van der Waals surface area contributed by atoms with E-state index in [4.69, 9.17) is 9.47 Å². The number of nitrogens with one attached hydrogen (secondary N) is 1. The molecule has 2 N–H and O–H groups in total. The highest BCUT2D eigenvalue weighted by molar-refractivity contribution is 5.93. The molecule has 1 aromatic carbocycles. The van der Waals surface area contributed by atoms with Crippen LogP contribution in [0.3, 0.4) is 0 Å². The zero-order chi connectivity index (χ0) is 29.6. The molecule has 3 atom stereocenters. The number of aliphatic hydroxyl groups is 1. The third-order valence-electron chi connectivity index (χ3n) is 7.81. The third kappa shape index (κ3) is 8.12. The summed E-state index contributed by atoms with van der Waals surface area (Å²) < 4.78 is 11.0. The minimum absolute atomic E-state index is 0.0134. The maximum absolute atomic E-state index is 14.4. The van der Waals surface area contributed by atoms with E-state index in [1.165, 1.54) is 9.80 Å². The summed E-state index contributed by atoms with van der Waals surface area (Å²) in [6, 6.07) is 7.85. The Labute approximate surface area is 242 Å². The normalized spacial score (nSPS) is 22.2. The van der Waals surface area contributed by atoms with Crippen LogP contribution < -0.4 is 5.32 Å². The van der Waals surface area contributed by atoms with Crippen molar-refractivity contribution < 1.29 is 33.8 Å². The monoisotopic (exact) mass is 572 g/mol. The Bertz CT molecular complexity index is 1060. The van der Waals surface area contributed by atoms with Gasteiger partial charge in [-0.1, -0.05) is 49.6 Å². The Balaban J connectivity index is 1.61. The molecule has 1 aromatic rings. The maximum atomic E-state index is 14.4. The second kappa shape index (κ2) is 13.5. The fourth-order valence-corrected chi connectivity index (χ4v) is 5.88. The van der Waals surface area contributed by atoms with E-state index in [1.54, 1.807) is 25.7 Å². The first-order valence-corrected chi connectivity index (χ1v) is 14.8. The number of alkyl carbamates (subject to hydrolysis) is 1. The van der Waals surface area contributed by atoms with Crippen molar-refractivity contribution in [3.8, 4) is 0 Å². The number of ether oxygens (including phenoxy) is 2. The van der Waals surface area contributed by atoms with Gasteiger partial charge in [-0.05, 0) is 52.0 Å². The van der Waals surface area contributed by atoms with Crippen LogP contribution in [0, 0.1) is 0 Å². The van der Waals surface area contributed by atoms with E-state index < -0.39 is 42.0 Å². The first-order chi connectivity index (χ1) is 19.5. The van der Waals surface area contributed by atoms with Crippen LogP contribution in [0.15, 0.2) is 30.3 Å². The van der Waals surface area contributed by atoms with Crippen LogP contribution in [0.2, 0.25) is 0 Å². The number of benzene rings is 1. The van der Waals surface area contributed by atoms with Crippen molar-refractivity contribution >= 4 is 24.0 Å². The smallest absolute Gasteiger partial charge is 0.410 e. The summed E-state index contributed by atoms with van der Waals surface area (Å²) >= 11 is 0. The molecular formula is C30H44N4O7. The van der Waals surface area contributed by atoms with Crippen molar-refractivity contribution in [1.29, 1.82) is 0 Å². The lowest BCUT2D eigenvalue weighted by Gasteiger charge is -2.42. The van der Waals surface area contributed by atoms with Crippen LogP contribution in [0.1, 0.15) is 77.7 Å². The number of nitrogens with zero attached hydrogens (tertiary/aromatic N) is 3. The Morgan fingerprint density at radius 3 is 2.32 bits per heavy atom. The standard InChI is InChI=1S/C30H44N4O7/c1-30(2,3)41-28(38)31-25(27(37)32-16-10-11-17-32)34(22-14-8-5-9-15-22)26(36)24-18-23(35)19-33(24)29(39)40-20-21-12-6-4-7-13-21/h4,6-7,12-13,22-25,35H,5,8-11,14-20H2,1-3H3,(H,31,38). The van der Waals surface area contributed by atoms with Crippen molar-refractivity contribution in [1.82, 2.24) is 20.0 Å². The molecule has 2 aliphatic heterocycles. The fraction of sp³-hybridized carbons (Fsp3) is 0.667. The SMILES string of the molecule is CC(C)(C)OC(=O)NC(C(=O)N1CCCC1)N(C(=O)C1CC(O)CN1C(=O)OCc1ccccc1)C1CCCCC1. The molecule has 1 aliphatic carbocycles. The topological polar surface area (TPSA) is 129 Å². The van der Waals surface area contributed by atoms with Gasteiger partial charge in [-0.15, -0.1) is 0 Å². The number of amides is 4. The van der Waals surface area contributed by atoms with Gasteiger partial charge in [0.25, 0.3) is 5.91 Å². The third-order valence-corrected chi connectivity index (χ3v) is 7.81. The molecule has 11 nitrogen and oxygen atoms in total. The average molecular weight is 573 g/mol. The van der Waals surface area contributed by atoms with E-state index in [0.717, 1.165) is 37.7 Å². The van der Waals surface area contributed by atoms with Crippen LogP contribution in [0.4, 0.5) is 9.59 Å². The second-order valence-corrected chi connectivity index (χ2v) is 12.2. The molecule has 2 saturated heterocycles. The van der Waals surface area contributed by atoms with Crippen LogP contribution in [-0.2, 0) is 25.7 Å². The maximum Gasteiger partial charge on any atom is 0.410 e. The number of likely N-dealkylation sites (tertiary alicyclic amines) is 2. The zero-order valence-electron chi connectivity index (χ0n) is 24.4. The van der Waals surface area contributed by atoms with Gasteiger partial charge in [0, 0.05) is 25.6 Å². The number of rotatable bonds is 7. The lowest BCUT2D eigenvalue weighted by molar-refractivity contribution is -0.152. The molecule has 4 rings (SSSR count). The van der Waals surface area contributed by atoms with Gasteiger partial charge >= 0.3 is 12.2 Å². The van der Waals surface area contributed by atoms with Gasteiger partial charge in [-0.25, -0.2) is 9.59 Å². The van der Waals surface area contributed by atoms with Crippen LogP contribution >= 0.6 is 0 Å². The van der Waals surface area contributed by atoms with E-state index in [0.29, 0.717) is 25.9 Å². The predicted octanol–water partition coefficient (Wildman–Crippen LogP) is 3.39. The first-order valence-electron chi connectivity index (χ1n) is 14.8. The molecule has 0 aromatic heterocycles. The van der Waals surface area contributed by atoms with Gasteiger partial charge in [-0.2, -0.15) is 0 Å². The molecular weight excluding hydrogens is 528 g/mol. The van der Waals surface area contributed by atoms with Crippen molar-refractivity contribution in [3.63, 3.8) is 0 Å². The zero-order valence-corrected chi connectivity index (χ0v) is 24.4. The number of carbonyl (C=O) groups excluding carboxylic acids is 4. The molecule has 11 heteroatoms. The number of β-amino-alcohol motifs (C(OH)–C–C–N with tert-alkyl or cyclic N) is 1. The fourth-order valence-electron chi connectivity index (χ4n) is 5.88. The molecule has 41 heavy (non-hydrogen) atoms. The number of hydrogen-bond acceptors (Lipinski definition) is 7. The van der Waals surface area contributed by atoms with Gasteiger partial charge in [0.2, 0.25) is 5.91 Å². The molecule has 4 amide bonds. The number of hydrogen-bond donors (Lipinski definition) is 2. The van der Waals surface area contributed by atoms with E-state index >= 15 is 0 Å². The number of aliphatic hydroxyl groups excluding tert-OH is 1. The van der Waals surface area contributed by atoms with E-state index in [1.807, 2.05) is 30.3 Å². The van der Waals surface area contributed by atoms with Crippen LogP contribution in [0.25, 0.3) is 0 Å².